The average molecular weight is 173 g/mol. The molecule has 1 atom stereocenters. The van der Waals surface area contributed by atoms with Gasteiger partial charge in [0.2, 0.25) is 0 Å². The summed E-state index contributed by atoms with van der Waals surface area (Å²) in [6.07, 6.45) is 8.50. The maximum atomic E-state index is 2.54. The highest BCUT2D eigenvalue weighted by molar-refractivity contribution is 4.73. The highest BCUT2D eigenvalue weighted by Gasteiger charge is 2.17. The van der Waals surface area contributed by atoms with Crippen LogP contribution in [0.2, 0.25) is 0 Å². The molecule has 1 rings (SSSR count). The van der Waals surface area contributed by atoms with E-state index in [0.717, 1.165) is 6.04 Å². The van der Waals surface area contributed by atoms with Crippen molar-refractivity contribution in [2.24, 2.45) is 0 Å². The van der Waals surface area contributed by atoms with E-state index in [1.165, 1.54) is 45.1 Å². The van der Waals surface area contributed by atoms with Crippen LogP contribution in [0.5, 0.6) is 0 Å². The van der Waals surface area contributed by atoms with Gasteiger partial charge in [0.15, 0.2) is 0 Å². The first-order chi connectivity index (χ1) is 5.34. The van der Waals surface area contributed by atoms with Gasteiger partial charge in [-0.1, -0.05) is 26.2 Å². The van der Waals surface area contributed by atoms with E-state index in [0.29, 0.717) is 0 Å². The molecule has 2 N–H and O–H groups in total. The Morgan fingerprint density at radius 2 is 2.08 bits per heavy atom. The minimum atomic E-state index is 0. The first-order valence-corrected chi connectivity index (χ1v) is 5.05. The van der Waals surface area contributed by atoms with E-state index in [1.807, 2.05) is 0 Å². The van der Waals surface area contributed by atoms with Crippen molar-refractivity contribution >= 4 is 0 Å². The van der Waals surface area contributed by atoms with Gasteiger partial charge in [0.25, 0.3) is 0 Å². The third-order valence-corrected chi connectivity index (χ3v) is 2.81. The lowest BCUT2D eigenvalue weighted by molar-refractivity contribution is 0.173. The zero-order valence-corrected chi connectivity index (χ0v) is 8.47. The number of unbranched alkanes of at least 4 members (excludes halogenated alkanes) is 1. The first-order valence-electron chi connectivity index (χ1n) is 5.05. The van der Waals surface area contributed by atoms with Crippen LogP contribution in [0, 0.1) is 0 Å². The fourth-order valence-electron chi connectivity index (χ4n) is 1.95. The largest absolute Gasteiger partial charge is 0.412 e. The molecule has 2 nitrogen and oxygen atoms in total. The summed E-state index contributed by atoms with van der Waals surface area (Å²) in [6, 6.07) is 0.906. The Kier molecular flexibility index (Phi) is 6.39. The summed E-state index contributed by atoms with van der Waals surface area (Å²) >= 11 is 0. The fourth-order valence-corrected chi connectivity index (χ4v) is 1.95. The Balaban J connectivity index is 0.00000121. The minimum Gasteiger partial charge on any atom is -0.412 e. The van der Waals surface area contributed by atoms with Crippen LogP contribution in [0.25, 0.3) is 0 Å². The molecule has 0 saturated carbocycles. The Morgan fingerprint density at radius 1 is 1.33 bits per heavy atom. The molecule has 0 spiro atoms. The lowest BCUT2D eigenvalue weighted by atomic mass is 9.98. The van der Waals surface area contributed by atoms with E-state index < -0.39 is 0 Å². The van der Waals surface area contributed by atoms with E-state index in [9.17, 15) is 0 Å². The number of nitrogens with zero attached hydrogens (tertiary/aromatic N) is 1. The monoisotopic (exact) mass is 173 g/mol. The lowest BCUT2D eigenvalue weighted by Crippen LogP contribution is -2.35. The molecule has 2 heteroatoms. The molecule has 0 aromatic carbocycles. The van der Waals surface area contributed by atoms with Gasteiger partial charge in [0, 0.05) is 6.04 Å². The molecular weight excluding hydrogens is 150 g/mol. The van der Waals surface area contributed by atoms with Crippen LogP contribution in [-0.4, -0.2) is 30.0 Å². The standard InChI is InChI=1S/C10H21N.H2O/c1-3-4-7-10-8-5-6-9-11(10)2;/h10H,3-9H2,1-2H3;1H2. The summed E-state index contributed by atoms with van der Waals surface area (Å²) < 4.78 is 0. The summed E-state index contributed by atoms with van der Waals surface area (Å²) in [4.78, 5) is 2.54. The molecule has 1 fully saturated rings. The van der Waals surface area contributed by atoms with Crippen molar-refractivity contribution < 1.29 is 5.48 Å². The van der Waals surface area contributed by atoms with Crippen molar-refractivity contribution in [2.45, 2.75) is 51.5 Å². The Morgan fingerprint density at radius 3 is 2.67 bits per heavy atom. The predicted molar refractivity (Wildman–Crippen MR) is 53.4 cm³/mol. The normalized spacial score (nSPS) is 25.0. The molecule has 1 saturated heterocycles. The molecular formula is C10H23NO. The number of hydrogen-bond acceptors (Lipinski definition) is 1. The summed E-state index contributed by atoms with van der Waals surface area (Å²) in [7, 11) is 2.28. The number of rotatable bonds is 3. The second kappa shape index (κ2) is 6.44. The molecule has 0 aliphatic carbocycles. The van der Waals surface area contributed by atoms with Crippen molar-refractivity contribution in [3.05, 3.63) is 0 Å². The van der Waals surface area contributed by atoms with Gasteiger partial charge in [-0.3, -0.25) is 0 Å². The van der Waals surface area contributed by atoms with E-state index in [1.54, 1.807) is 0 Å². The molecule has 1 aliphatic rings. The molecule has 74 valence electrons. The van der Waals surface area contributed by atoms with Gasteiger partial charge in [-0.05, 0) is 32.9 Å². The predicted octanol–water partition coefficient (Wildman–Crippen LogP) is 1.84. The second-order valence-corrected chi connectivity index (χ2v) is 3.77. The third-order valence-electron chi connectivity index (χ3n) is 2.81. The van der Waals surface area contributed by atoms with Crippen LogP contribution in [0.15, 0.2) is 0 Å². The van der Waals surface area contributed by atoms with Crippen molar-refractivity contribution in [2.75, 3.05) is 13.6 Å². The second-order valence-electron chi connectivity index (χ2n) is 3.77. The molecule has 0 aromatic rings. The number of hydrogen-bond donors (Lipinski definition) is 0. The van der Waals surface area contributed by atoms with Gasteiger partial charge in [0.1, 0.15) is 0 Å². The van der Waals surface area contributed by atoms with E-state index in [-0.39, 0.29) is 5.48 Å². The first kappa shape index (κ1) is 11.9. The molecule has 0 radical (unpaired) electrons. The zero-order valence-electron chi connectivity index (χ0n) is 8.47. The van der Waals surface area contributed by atoms with Crippen molar-refractivity contribution in [1.82, 2.24) is 4.90 Å². The van der Waals surface area contributed by atoms with Gasteiger partial charge in [0.05, 0.1) is 0 Å². The summed E-state index contributed by atoms with van der Waals surface area (Å²) in [5.41, 5.74) is 0. The molecule has 1 aliphatic heterocycles. The van der Waals surface area contributed by atoms with Gasteiger partial charge in [-0.15, -0.1) is 0 Å². The molecule has 0 aromatic heterocycles. The molecule has 0 bridgehead atoms. The van der Waals surface area contributed by atoms with Crippen molar-refractivity contribution in [3.8, 4) is 0 Å². The van der Waals surface area contributed by atoms with Crippen LogP contribution in [0.3, 0.4) is 0 Å². The van der Waals surface area contributed by atoms with Gasteiger partial charge in [-0.2, -0.15) is 0 Å². The zero-order chi connectivity index (χ0) is 8.10. The molecule has 12 heavy (non-hydrogen) atoms. The van der Waals surface area contributed by atoms with E-state index in [2.05, 4.69) is 18.9 Å². The topological polar surface area (TPSA) is 34.7 Å². The highest BCUT2D eigenvalue weighted by atomic mass is 16.0. The third kappa shape index (κ3) is 3.55. The van der Waals surface area contributed by atoms with E-state index >= 15 is 0 Å². The van der Waals surface area contributed by atoms with Crippen LogP contribution < -0.4 is 0 Å². The highest BCUT2D eigenvalue weighted by Crippen LogP contribution is 2.19. The summed E-state index contributed by atoms with van der Waals surface area (Å²) in [5, 5.41) is 0. The summed E-state index contributed by atoms with van der Waals surface area (Å²) in [6.45, 7) is 3.61. The Bertz CT molecular complexity index is 106. The minimum absolute atomic E-state index is 0. The Labute approximate surface area is 76.3 Å². The number of piperidine rings is 1. The quantitative estimate of drug-likeness (QED) is 0.641. The molecule has 1 unspecified atom stereocenters. The van der Waals surface area contributed by atoms with Gasteiger partial charge in [-0.25, -0.2) is 0 Å². The number of likely N-dealkylation sites (tertiary alicyclic amines) is 1. The summed E-state index contributed by atoms with van der Waals surface area (Å²) in [5.74, 6) is 0. The fraction of sp³-hybridized carbons (Fsp3) is 1.00. The van der Waals surface area contributed by atoms with Crippen molar-refractivity contribution in [1.29, 1.82) is 0 Å². The van der Waals surface area contributed by atoms with Crippen molar-refractivity contribution in [3.63, 3.8) is 0 Å². The Hall–Kier alpha value is -0.0800. The molecule has 1 heterocycles. The maximum absolute atomic E-state index is 2.54. The van der Waals surface area contributed by atoms with E-state index in [4.69, 9.17) is 0 Å². The van der Waals surface area contributed by atoms with Crippen LogP contribution in [0.1, 0.15) is 45.4 Å². The molecule has 0 amide bonds. The van der Waals surface area contributed by atoms with Crippen LogP contribution in [0.4, 0.5) is 0 Å². The van der Waals surface area contributed by atoms with Crippen LogP contribution in [-0.2, 0) is 0 Å². The lowest BCUT2D eigenvalue weighted by Gasteiger charge is -2.32. The van der Waals surface area contributed by atoms with Gasteiger partial charge < -0.3 is 10.4 Å². The smallest absolute Gasteiger partial charge is 0.00922 e. The average Bonchev–Trinajstić information content (AvgIpc) is 2.03. The van der Waals surface area contributed by atoms with Crippen LogP contribution >= 0.6 is 0 Å². The maximum Gasteiger partial charge on any atom is 0.00922 e. The van der Waals surface area contributed by atoms with Gasteiger partial charge >= 0.3 is 0 Å². The SMILES string of the molecule is CCCCC1CCCCN1C.O.